The van der Waals surface area contributed by atoms with Crippen LogP contribution < -0.4 is 10.2 Å². The molecular formula is C24H25F3N4O. The van der Waals surface area contributed by atoms with Crippen molar-refractivity contribution in [2.24, 2.45) is 0 Å². The summed E-state index contributed by atoms with van der Waals surface area (Å²) in [5.41, 5.74) is 2.04. The number of nitrogens with zero attached hydrogens (tertiary/aromatic N) is 3. The van der Waals surface area contributed by atoms with Crippen molar-refractivity contribution in [3.63, 3.8) is 0 Å². The maximum absolute atomic E-state index is 13.7. The van der Waals surface area contributed by atoms with Crippen LogP contribution in [0.2, 0.25) is 0 Å². The average Bonchev–Trinajstić information content (AvgIpc) is 2.95. The van der Waals surface area contributed by atoms with Crippen LogP contribution in [0.25, 0.3) is 5.69 Å². The van der Waals surface area contributed by atoms with Gasteiger partial charge in [-0.3, -0.25) is 4.79 Å². The van der Waals surface area contributed by atoms with E-state index in [-0.39, 0.29) is 11.4 Å². The summed E-state index contributed by atoms with van der Waals surface area (Å²) in [6.07, 6.45) is -0.216. The molecule has 3 aromatic rings. The van der Waals surface area contributed by atoms with Gasteiger partial charge in [0.15, 0.2) is 5.69 Å². The molecule has 1 aliphatic rings. The lowest BCUT2D eigenvalue weighted by Crippen LogP contribution is -2.19. The van der Waals surface area contributed by atoms with Crippen molar-refractivity contribution >= 4 is 17.3 Å². The number of carbonyl (C=O) groups is 1. The van der Waals surface area contributed by atoms with Gasteiger partial charge in [-0.15, -0.1) is 0 Å². The summed E-state index contributed by atoms with van der Waals surface area (Å²) in [5.74, 6) is -0.624. The van der Waals surface area contributed by atoms with Crippen LogP contribution in [0.1, 0.15) is 46.6 Å². The fourth-order valence-electron chi connectivity index (χ4n) is 4.08. The van der Waals surface area contributed by atoms with Crippen molar-refractivity contribution in [3.05, 3.63) is 71.0 Å². The van der Waals surface area contributed by atoms with Crippen LogP contribution in [0.4, 0.5) is 24.5 Å². The predicted octanol–water partition coefficient (Wildman–Crippen LogP) is 5.48. The van der Waals surface area contributed by atoms with E-state index in [9.17, 15) is 18.0 Å². The third kappa shape index (κ3) is 4.35. The number of nitrogens with one attached hydrogen (secondary N) is 1. The van der Waals surface area contributed by atoms with Gasteiger partial charge in [-0.1, -0.05) is 24.6 Å². The van der Waals surface area contributed by atoms with Crippen molar-refractivity contribution in [1.29, 1.82) is 0 Å². The molecule has 0 unspecified atom stereocenters. The molecule has 1 N–H and O–H groups in total. The minimum absolute atomic E-state index is 0.190. The van der Waals surface area contributed by atoms with Crippen molar-refractivity contribution in [2.45, 2.75) is 38.3 Å². The number of para-hydroxylation sites is 1. The normalized spacial score (nSPS) is 13.9. The molecule has 0 bridgehead atoms. The summed E-state index contributed by atoms with van der Waals surface area (Å²) < 4.78 is 42.9. The van der Waals surface area contributed by atoms with Crippen molar-refractivity contribution < 1.29 is 18.0 Å². The van der Waals surface area contributed by atoms with Crippen LogP contribution in [-0.4, -0.2) is 29.8 Å². The van der Waals surface area contributed by atoms with E-state index in [0.717, 1.165) is 48.7 Å². The molecule has 0 spiro atoms. The Balaban J connectivity index is 1.74. The molecule has 0 aliphatic heterocycles. The molecule has 0 saturated carbocycles. The number of aromatic nitrogens is 2. The average molecular weight is 442 g/mol. The van der Waals surface area contributed by atoms with Gasteiger partial charge in [-0.05, 0) is 56.0 Å². The summed E-state index contributed by atoms with van der Waals surface area (Å²) in [5, 5.41) is 7.03. The minimum atomic E-state index is -4.60. The molecule has 168 valence electrons. The first-order valence-corrected chi connectivity index (χ1v) is 10.6. The number of hydrogen-bond donors (Lipinski definition) is 1. The number of amides is 1. The highest BCUT2D eigenvalue weighted by Crippen LogP contribution is 2.37. The van der Waals surface area contributed by atoms with Gasteiger partial charge in [-0.25, -0.2) is 4.68 Å². The second-order valence-electron chi connectivity index (χ2n) is 8.16. The Hall–Kier alpha value is -3.29. The number of rotatable bonds is 4. The number of hydrogen-bond acceptors (Lipinski definition) is 3. The molecule has 1 aromatic heterocycles. The molecular weight excluding hydrogens is 417 g/mol. The molecule has 5 nitrogen and oxygen atoms in total. The van der Waals surface area contributed by atoms with E-state index in [4.69, 9.17) is 0 Å². The minimum Gasteiger partial charge on any atom is -0.378 e. The zero-order valence-corrected chi connectivity index (χ0v) is 18.0. The molecule has 0 saturated heterocycles. The smallest absolute Gasteiger partial charge is 0.378 e. The fourth-order valence-corrected chi connectivity index (χ4v) is 4.08. The van der Waals surface area contributed by atoms with Gasteiger partial charge in [0.25, 0.3) is 5.91 Å². The molecule has 2 aromatic carbocycles. The Morgan fingerprint density at radius 3 is 2.44 bits per heavy atom. The maximum atomic E-state index is 13.7. The first-order valence-electron chi connectivity index (χ1n) is 10.6. The Kier molecular flexibility index (Phi) is 5.95. The molecule has 1 amide bonds. The number of alkyl halides is 3. The van der Waals surface area contributed by atoms with Gasteiger partial charge in [-0.2, -0.15) is 18.3 Å². The van der Waals surface area contributed by atoms with E-state index >= 15 is 0 Å². The molecule has 0 radical (unpaired) electrons. The molecule has 0 fully saturated rings. The number of anilines is 2. The Morgan fingerprint density at radius 1 is 1.03 bits per heavy atom. The van der Waals surface area contributed by atoms with Crippen LogP contribution in [0.5, 0.6) is 0 Å². The molecule has 8 heteroatoms. The van der Waals surface area contributed by atoms with Gasteiger partial charge in [0, 0.05) is 31.0 Å². The van der Waals surface area contributed by atoms with Crippen LogP contribution in [0.3, 0.4) is 0 Å². The SMILES string of the molecule is CN(C)c1ccc(NC(=O)c2nn(-c3ccccc3)c3c2CCCCC3)c(C(F)(F)F)c1. The monoisotopic (exact) mass is 442 g/mol. The van der Waals surface area contributed by atoms with Gasteiger partial charge in [0.05, 0.1) is 16.9 Å². The third-order valence-corrected chi connectivity index (χ3v) is 5.72. The standard InChI is InChI=1S/C24H25F3N4O/c1-30(2)17-13-14-20(19(15-17)24(25,26)27)28-23(32)22-18-11-7-4-8-12-21(18)31(29-22)16-9-5-3-6-10-16/h3,5-6,9-10,13-15H,4,7-8,11-12H2,1-2H3,(H,28,32). The number of fused-ring (bicyclic) bond motifs is 1. The van der Waals surface area contributed by atoms with Gasteiger partial charge in [0.2, 0.25) is 0 Å². The lowest BCUT2D eigenvalue weighted by molar-refractivity contribution is -0.136. The summed E-state index contributed by atoms with van der Waals surface area (Å²) in [6.45, 7) is 0. The number of halogens is 3. The van der Waals surface area contributed by atoms with Crippen molar-refractivity contribution in [1.82, 2.24) is 9.78 Å². The summed E-state index contributed by atoms with van der Waals surface area (Å²) >= 11 is 0. The summed E-state index contributed by atoms with van der Waals surface area (Å²) in [6, 6.07) is 13.4. The highest BCUT2D eigenvalue weighted by atomic mass is 19.4. The van der Waals surface area contributed by atoms with E-state index < -0.39 is 17.6 Å². The van der Waals surface area contributed by atoms with Gasteiger partial charge < -0.3 is 10.2 Å². The van der Waals surface area contributed by atoms with Gasteiger partial charge >= 0.3 is 6.18 Å². The first kappa shape index (κ1) is 21.9. The maximum Gasteiger partial charge on any atom is 0.418 e. The van der Waals surface area contributed by atoms with E-state index in [2.05, 4.69) is 10.4 Å². The lowest BCUT2D eigenvalue weighted by atomic mass is 10.1. The summed E-state index contributed by atoms with van der Waals surface area (Å²) in [4.78, 5) is 14.8. The van der Waals surface area contributed by atoms with E-state index in [1.165, 1.54) is 6.07 Å². The second-order valence-corrected chi connectivity index (χ2v) is 8.16. The van der Waals surface area contributed by atoms with Crippen LogP contribution in [-0.2, 0) is 19.0 Å². The topological polar surface area (TPSA) is 50.2 Å². The van der Waals surface area contributed by atoms with E-state index in [1.807, 2.05) is 30.3 Å². The highest BCUT2D eigenvalue weighted by Gasteiger charge is 2.35. The van der Waals surface area contributed by atoms with Crippen LogP contribution in [0, 0.1) is 0 Å². The number of benzene rings is 2. The van der Waals surface area contributed by atoms with Crippen LogP contribution >= 0.6 is 0 Å². The lowest BCUT2D eigenvalue weighted by Gasteiger charge is -2.18. The predicted molar refractivity (Wildman–Crippen MR) is 119 cm³/mol. The third-order valence-electron chi connectivity index (χ3n) is 5.72. The molecule has 1 heterocycles. The van der Waals surface area contributed by atoms with Gasteiger partial charge in [0.1, 0.15) is 0 Å². The molecule has 0 atom stereocenters. The molecule has 1 aliphatic carbocycles. The fraction of sp³-hybridized carbons (Fsp3) is 0.333. The Labute approximate surface area is 184 Å². The Bertz CT molecular complexity index is 1120. The van der Waals surface area contributed by atoms with Crippen LogP contribution in [0.15, 0.2) is 48.5 Å². The highest BCUT2D eigenvalue weighted by molar-refractivity contribution is 6.04. The zero-order chi connectivity index (χ0) is 22.9. The Morgan fingerprint density at radius 2 is 1.75 bits per heavy atom. The molecule has 32 heavy (non-hydrogen) atoms. The second kappa shape index (κ2) is 8.68. The molecule has 4 rings (SSSR count). The van der Waals surface area contributed by atoms with E-state index in [1.54, 1.807) is 29.7 Å². The van der Waals surface area contributed by atoms with Crippen molar-refractivity contribution in [3.8, 4) is 5.69 Å². The largest absolute Gasteiger partial charge is 0.418 e. The first-order chi connectivity index (χ1) is 15.3. The van der Waals surface area contributed by atoms with Crippen molar-refractivity contribution in [2.75, 3.05) is 24.3 Å². The van der Waals surface area contributed by atoms with E-state index in [0.29, 0.717) is 12.1 Å². The summed E-state index contributed by atoms with van der Waals surface area (Å²) in [7, 11) is 3.33. The quantitative estimate of drug-likeness (QED) is 0.545. The number of carbonyl (C=O) groups excluding carboxylic acids is 1. The zero-order valence-electron chi connectivity index (χ0n) is 18.0.